The molecule has 2 aromatic rings. The highest BCUT2D eigenvalue weighted by Crippen LogP contribution is 2.28. The Morgan fingerprint density at radius 2 is 2.07 bits per heavy atom. The number of aryl methyl sites for hydroxylation is 1. The molecule has 154 valence electrons. The zero-order valence-corrected chi connectivity index (χ0v) is 18.0. The molecule has 0 saturated heterocycles. The molecule has 3 rings (SSSR count). The third-order valence-electron chi connectivity index (χ3n) is 5.34. The van der Waals surface area contributed by atoms with E-state index in [2.05, 4.69) is 66.3 Å². The largest absolute Gasteiger partial charge is 0.357 e. The zero-order valence-electron chi connectivity index (χ0n) is 18.0. The average molecular weight is 386 g/mol. The number of rotatable bonds is 7. The second-order valence-corrected chi connectivity index (χ2v) is 8.12. The summed E-state index contributed by atoms with van der Waals surface area (Å²) in [5.41, 5.74) is 3.43. The van der Waals surface area contributed by atoms with Crippen LogP contribution >= 0.6 is 0 Å². The van der Waals surface area contributed by atoms with Crippen LogP contribution in [0, 0.1) is 0 Å². The Hall–Kier alpha value is -2.31. The van der Waals surface area contributed by atoms with Crippen LogP contribution in [0.25, 0.3) is 0 Å². The van der Waals surface area contributed by atoms with E-state index in [-0.39, 0.29) is 0 Å². The van der Waals surface area contributed by atoms with E-state index in [1.807, 2.05) is 11.7 Å². The molecule has 7 nitrogen and oxygen atoms in total. The topological polar surface area (TPSA) is 63.3 Å². The van der Waals surface area contributed by atoms with Crippen LogP contribution in [0.3, 0.4) is 0 Å². The molecule has 1 aliphatic rings. The van der Waals surface area contributed by atoms with Crippen molar-refractivity contribution in [3.63, 3.8) is 0 Å². The maximum absolute atomic E-state index is 4.83. The summed E-state index contributed by atoms with van der Waals surface area (Å²) in [6.07, 6.45) is 9.36. The lowest BCUT2D eigenvalue weighted by Gasteiger charge is -2.22. The summed E-state index contributed by atoms with van der Waals surface area (Å²) in [5.74, 6) is 1.31. The van der Waals surface area contributed by atoms with Gasteiger partial charge < -0.3 is 10.2 Å². The fraction of sp³-hybridized carbons (Fsp3) is 0.667. The van der Waals surface area contributed by atoms with Gasteiger partial charge in [-0.25, -0.2) is 4.99 Å². The van der Waals surface area contributed by atoms with Gasteiger partial charge in [-0.2, -0.15) is 10.2 Å². The first-order valence-electron chi connectivity index (χ1n) is 10.5. The van der Waals surface area contributed by atoms with Gasteiger partial charge in [0.25, 0.3) is 0 Å². The lowest BCUT2D eigenvalue weighted by atomic mass is 10.1. The van der Waals surface area contributed by atoms with E-state index < -0.39 is 0 Å². The van der Waals surface area contributed by atoms with Crippen LogP contribution in [-0.4, -0.2) is 44.0 Å². The molecule has 0 unspecified atom stereocenters. The van der Waals surface area contributed by atoms with Gasteiger partial charge >= 0.3 is 0 Å². The molecule has 7 heteroatoms. The zero-order chi connectivity index (χ0) is 20.1. The molecule has 2 heterocycles. The van der Waals surface area contributed by atoms with E-state index in [0.29, 0.717) is 18.5 Å². The van der Waals surface area contributed by atoms with Gasteiger partial charge in [0.05, 0.1) is 24.0 Å². The summed E-state index contributed by atoms with van der Waals surface area (Å²) >= 11 is 0. The van der Waals surface area contributed by atoms with Crippen molar-refractivity contribution in [2.75, 3.05) is 13.6 Å². The molecule has 1 N–H and O–H groups in total. The third kappa shape index (κ3) is 4.94. The molecule has 0 radical (unpaired) electrons. The molecular formula is C21H35N7. The molecule has 1 saturated carbocycles. The summed E-state index contributed by atoms with van der Waals surface area (Å²) in [4.78, 5) is 7.00. The predicted molar refractivity (Wildman–Crippen MR) is 113 cm³/mol. The van der Waals surface area contributed by atoms with Crippen LogP contribution in [0.2, 0.25) is 0 Å². The monoisotopic (exact) mass is 385 g/mol. The van der Waals surface area contributed by atoms with Crippen LogP contribution < -0.4 is 5.32 Å². The highest BCUT2D eigenvalue weighted by Gasteiger charge is 2.18. The number of aliphatic imine (C=N–C) groups is 1. The van der Waals surface area contributed by atoms with Crippen molar-refractivity contribution < 1.29 is 0 Å². The molecule has 0 bridgehead atoms. The van der Waals surface area contributed by atoms with Gasteiger partial charge in [-0.1, -0.05) is 26.7 Å². The van der Waals surface area contributed by atoms with Crippen molar-refractivity contribution in [3.05, 3.63) is 35.4 Å². The minimum absolute atomic E-state index is 0.406. The molecule has 0 spiro atoms. The van der Waals surface area contributed by atoms with Crippen molar-refractivity contribution in [1.82, 2.24) is 29.8 Å². The van der Waals surface area contributed by atoms with Crippen LogP contribution in [0.15, 0.2) is 23.5 Å². The first-order valence-corrected chi connectivity index (χ1v) is 10.5. The second kappa shape index (κ2) is 9.26. The van der Waals surface area contributed by atoms with E-state index >= 15 is 0 Å². The predicted octanol–water partition coefficient (Wildman–Crippen LogP) is 3.45. The third-order valence-corrected chi connectivity index (χ3v) is 5.34. The van der Waals surface area contributed by atoms with Crippen molar-refractivity contribution in [2.24, 2.45) is 12.0 Å². The number of hydrogen-bond donors (Lipinski definition) is 1. The van der Waals surface area contributed by atoms with E-state index in [1.165, 1.54) is 31.2 Å². The minimum atomic E-state index is 0.406. The normalized spacial score (nSPS) is 15.6. The van der Waals surface area contributed by atoms with Crippen LogP contribution in [-0.2, 0) is 20.1 Å². The highest BCUT2D eigenvalue weighted by molar-refractivity contribution is 5.79. The molecule has 0 atom stereocenters. The molecule has 2 aromatic heterocycles. The lowest BCUT2D eigenvalue weighted by Crippen LogP contribution is -2.38. The van der Waals surface area contributed by atoms with Crippen molar-refractivity contribution >= 4 is 5.96 Å². The Labute approximate surface area is 168 Å². The Balaban J connectivity index is 1.68. The van der Waals surface area contributed by atoms with Gasteiger partial charge in [0.1, 0.15) is 0 Å². The molecule has 0 amide bonds. The van der Waals surface area contributed by atoms with Crippen LogP contribution in [0.5, 0.6) is 0 Å². The highest BCUT2D eigenvalue weighted by atomic mass is 15.3. The maximum Gasteiger partial charge on any atom is 0.194 e. The molecule has 0 aliphatic heterocycles. The van der Waals surface area contributed by atoms with Crippen molar-refractivity contribution in [1.29, 1.82) is 0 Å². The Bertz CT molecular complexity index is 781. The Morgan fingerprint density at radius 1 is 1.32 bits per heavy atom. The van der Waals surface area contributed by atoms with Gasteiger partial charge in [0, 0.05) is 45.1 Å². The van der Waals surface area contributed by atoms with Crippen molar-refractivity contribution in [2.45, 2.75) is 71.5 Å². The van der Waals surface area contributed by atoms with Gasteiger partial charge in [-0.05, 0) is 31.7 Å². The number of nitrogens with zero attached hydrogens (tertiary/aromatic N) is 6. The standard InChI is InChI=1S/C21H35N7/c1-6-22-21(26(4)14-17-15-27(5)25-20(17)16(2)3)23-13-18-11-12-28(24-18)19-9-7-8-10-19/h11-12,15-16,19H,6-10,13-14H2,1-5H3,(H,22,23). The number of guanidine groups is 1. The fourth-order valence-corrected chi connectivity index (χ4v) is 3.95. The average Bonchev–Trinajstić information content (AvgIpc) is 3.38. The minimum Gasteiger partial charge on any atom is -0.357 e. The van der Waals surface area contributed by atoms with Gasteiger partial charge in [-0.3, -0.25) is 9.36 Å². The Morgan fingerprint density at radius 3 is 2.75 bits per heavy atom. The van der Waals surface area contributed by atoms with E-state index in [9.17, 15) is 0 Å². The van der Waals surface area contributed by atoms with E-state index in [4.69, 9.17) is 10.1 Å². The van der Waals surface area contributed by atoms with Gasteiger partial charge in [0.2, 0.25) is 0 Å². The van der Waals surface area contributed by atoms with Crippen molar-refractivity contribution in [3.8, 4) is 0 Å². The first kappa shape index (κ1) is 20.4. The van der Waals surface area contributed by atoms with Gasteiger partial charge in [0.15, 0.2) is 5.96 Å². The van der Waals surface area contributed by atoms with E-state index in [0.717, 1.165) is 30.4 Å². The van der Waals surface area contributed by atoms with E-state index in [1.54, 1.807) is 0 Å². The summed E-state index contributed by atoms with van der Waals surface area (Å²) < 4.78 is 4.04. The number of hydrogen-bond acceptors (Lipinski definition) is 3. The fourth-order valence-electron chi connectivity index (χ4n) is 3.95. The molecule has 1 aliphatic carbocycles. The molecule has 1 fully saturated rings. The number of nitrogens with one attached hydrogen (secondary N) is 1. The van der Waals surface area contributed by atoms with Gasteiger partial charge in [-0.15, -0.1) is 0 Å². The van der Waals surface area contributed by atoms with Crippen LogP contribution in [0.1, 0.15) is 75.4 Å². The SMILES string of the molecule is CCNC(=NCc1ccn(C2CCCC2)n1)N(C)Cc1cn(C)nc1C(C)C. The summed E-state index contributed by atoms with van der Waals surface area (Å²) in [6, 6.07) is 2.68. The summed E-state index contributed by atoms with van der Waals surface area (Å²) in [6.45, 7) is 8.68. The quantitative estimate of drug-likeness (QED) is 0.586. The Kier molecular flexibility index (Phi) is 6.75. The lowest BCUT2D eigenvalue weighted by molar-refractivity contribution is 0.461. The summed E-state index contributed by atoms with van der Waals surface area (Å²) in [7, 11) is 4.06. The second-order valence-electron chi connectivity index (χ2n) is 8.12. The smallest absolute Gasteiger partial charge is 0.194 e. The van der Waals surface area contributed by atoms with Crippen LogP contribution in [0.4, 0.5) is 0 Å². The first-order chi connectivity index (χ1) is 13.5. The maximum atomic E-state index is 4.83. The molecular weight excluding hydrogens is 350 g/mol. The molecule has 28 heavy (non-hydrogen) atoms. The molecule has 0 aromatic carbocycles. The summed E-state index contributed by atoms with van der Waals surface area (Å²) in [5, 5.41) is 12.8. The number of aromatic nitrogens is 4.